The molecule has 3 fully saturated rings. The van der Waals surface area contributed by atoms with Crippen LogP contribution in [0.25, 0.3) is 0 Å². The minimum absolute atomic E-state index is 0.0775. The summed E-state index contributed by atoms with van der Waals surface area (Å²) in [5, 5.41) is 5.57. The van der Waals surface area contributed by atoms with Crippen LogP contribution >= 0.6 is 0 Å². The number of benzene rings is 1. The van der Waals surface area contributed by atoms with Crippen molar-refractivity contribution in [2.45, 2.75) is 37.4 Å². The molecule has 4 aliphatic heterocycles. The first-order valence-electron chi connectivity index (χ1n) is 10.4. The summed E-state index contributed by atoms with van der Waals surface area (Å²) in [7, 11) is 0. The van der Waals surface area contributed by atoms with E-state index in [0.717, 1.165) is 43.1 Å². The van der Waals surface area contributed by atoms with Crippen LogP contribution in [0.1, 0.15) is 45.5 Å². The van der Waals surface area contributed by atoms with E-state index in [4.69, 9.17) is 4.74 Å². The van der Waals surface area contributed by atoms with Gasteiger partial charge in [-0.05, 0) is 30.5 Å². The van der Waals surface area contributed by atoms with E-state index in [9.17, 15) is 19.2 Å². The summed E-state index contributed by atoms with van der Waals surface area (Å²) < 4.78 is 5.66. The van der Waals surface area contributed by atoms with Gasteiger partial charge in [-0.15, -0.1) is 0 Å². The van der Waals surface area contributed by atoms with Crippen LogP contribution in [0, 0.1) is 0 Å². The normalized spacial score (nSPS) is 26.4. The van der Waals surface area contributed by atoms with E-state index in [1.807, 2.05) is 6.07 Å². The summed E-state index contributed by atoms with van der Waals surface area (Å²) in [6.07, 6.45) is 1.24. The lowest BCUT2D eigenvalue weighted by atomic mass is 9.86. The predicted octanol–water partition coefficient (Wildman–Crippen LogP) is -0.348. The molecule has 158 valence electrons. The minimum Gasteiger partial charge on any atom is -0.380 e. The van der Waals surface area contributed by atoms with E-state index < -0.39 is 23.8 Å². The van der Waals surface area contributed by atoms with Gasteiger partial charge in [0.15, 0.2) is 0 Å². The molecule has 0 bridgehead atoms. The summed E-state index contributed by atoms with van der Waals surface area (Å²) in [6.45, 7) is 4.74. The van der Waals surface area contributed by atoms with Crippen LogP contribution in [-0.4, -0.2) is 77.9 Å². The molecule has 0 aliphatic carbocycles. The predicted molar refractivity (Wildman–Crippen MR) is 105 cm³/mol. The van der Waals surface area contributed by atoms with E-state index in [1.165, 1.54) is 0 Å². The molecule has 4 heterocycles. The van der Waals surface area contributed by atoms with Crippen LogP contribution < -0.4 is 10.6 Å². The zero-order valence-corrected chi connectivity index (χ0v) is 16.6. The highest BCUT2D eigenvalue weighted by Crippen LogP contribution is 2.31. The highest BCUT2D eigenvalue weighted by atomic mass is 16.5. The van der Waals surface area contributed by atoms with Crippen molar-refractivity contribution in [3.63, 3.8) is 0 Å². The second kappa shape index (κ2) is 7.26. The molecule has 4 amide bonds. The van der Waals surface area contributed by atoms with Crippen LogP contribution in [0.3, 0.4) is 0 Å². The van der Waals surface area contributed by atoms with Crippen LogP contribution in [0.5, 0.6) is 0 Å². The van der Waals surface area contributed by atoms with Crippen LogP contribution in [-0.2, 0) is 20.9 Å². The van der Waals surface area contributed by atoms with Gasteiger partial charge in [-0.25, -0.2) is 0 Å². The second-order valence-corrected chi connectivity index (χ2v) is 8.44. The van der Waals surface area contributed by atoms with Gasteiger partial charge in [-0.1, -0.05) is 6.07 Å². The molecule has 4 aliphatic rings. The van der Waals surface area contributed by atoms with Crippen LogP contribution in [0.4, 0.5) is 0 Å². The van der Waals surface area contributed by atoms with Gasteiger partial charge in [0, 0.05) is 44.7 Å². The fourth-order valence-electron chi connectivity index (χ4n) is 4.83. The molecule has 0 aromatic heterocycles. The zero-order chi connectivity index (χ0) is 20.9. The Morgan fingerprint density at radius 1 is 1.07 bits per heavy atom. The lowest BCUT2D eigenvalue weighted by Gasteiger charge is -2.50. The summed E-state index contributed by atoms with van der Waals surface area (Å²) in [5.74, 6) is -1.91. The Balaban J connectivity index is 1.38. The molecule has 1 aromatic rings. The van der Waals surface area contributed by atoms with Gasteiger partial charge in [0.1, 0.15) is 6.04 Å². The number of hydrogen-bond acceptors (Lipinski definition) is 7. The molecule has 30 heavy (non-hydrogen) atoms. The van der Waals surface area contributed by atoms with E-state index >= 15 is 0 Å². The molecule has 9 nitrogen and oxygen atoms in total. The maximum atomic E-state index is 13.0. The van der Waals surface area contributed by atoms with Gasteiger partial charge in [0.05, 0.1) is 17.7 Å². The first kappa shape index (κ1) is 19.3. The first-order chi connectivity index (χ1) is 14.5. The first-order valence-corrected chi connectivity index (χ1v) is 10.4. The second-order valence-electron chi connectivity index (χ2n) is 8.44. The Hall–Kier alpha value is -2.62. The number of amides is 4. The van der Waals surface area contributed by atoms with Gasteiger partial charge in [0.25, 0.3) is 11.8 Å². The van der Waals surface area contributed by atoms with Crippen molar-refractivity contribution in [3.05, 3.63) is 34.9 Å². The smallest absolute Gasteiger partial charge is 0.262 e. The summed E-state index contributed by atoms with van der Waals surface area (Å²) in [6, 6.07) is 4.39. The minimum atomic E-state index is -0.939. The number of carbonyl (C=O) groups is 4. The number of hydrogen-bond donors (Lipinski definition) is 2. The van der Waals surface area contributed by atoms with E-state index in [-0.39, 0.29) is 24.3 Å². The lowest BCUT2D eigenvalue weighted by molar-refractivity contribution is -0.136. The topological polar surface area (TPSA) is 108 Å². The van der Waals surface area contributed by atoms with Crippen molar-refractivity contribution in [2.24, 2.45) is 0 Å². The van der Waals surface area contributed by atoms with Crippen molar-refractivity contribution in [3.8, 4) is 0 Å². The molecule has 5 rings (SSSR count). The fourth-order valence-corrected chi connectivity index (χ4v) is 4.83. The number of imide groups is 2. The summed E-state index contributed by atoms with van der Waals surface area (Å²) in [5.41, 5.74) is 1.67. The number of rotatable bonds is 3. The third-order valence-corrected chi connectivity index (χ3v) is 6.67. The standard InChI is InChI=1S/C21H24N4O5/c26-17-4-3-16(18(27)23-17)25-19(28)14-2-1-13(9-15(14)20(25)29)10-24-6-8-30-7-5-21(24)11-22-12-21/h1-2,9,16,22H,3-8,10-12H2,(H,23,26,27). The van der Waals surface area contributed by atoms with E-state index in [2.05, 4.69) is 15.5 Å². The molecule has 9 heteroatoms. The monoisotopic (exact) mass is 412 g/mol. The van der Waals surface area contributed by atoms with Crippen LogP contribution in [0.2, 0.25) is 0 Å². The van der Waals surface area contributed by atoms with Crippen molar-refractivity contribution in [2.75, 3.05) is 32.8 Å². The molecule has 1 unspecified atom stereocenters. The lowest BCUT2D eigenvalue weighted by Crippen LogP contribution is -2.68. The molecule has 1 spiro atoms. The summed E-state index contributed by atoms with van der Waals surface area (Å²) in [4.78, 5) is 52.9. The Labute approximate surface area is 173 Å². The third-order valence-electron chi connectivity index (χ3n) is 6.67. The highest BCUT2D eigenvalue weighted by molar-refractivity contribution is 6.23. The Morgan fingerprint density at radius 2 is 1.87 bits per heavy atom. The van der Waals surface area contributed by atoms with Gasteiger partial charge < -0.3 is 10.1 Å². The van der Waals surface area contributed by atoms with Gasteiger partial charge in [-0.2, -0.15) is 0 Å². The molecular formula is C21H24N4O5. The third kappa shape index (κ3) is 3.05. The largest absolute Gasteiger partial charge is 0.380 e. The molecule has 1 atom stereocenters. The molecule has 2 N–H and O–H groups in total. The van der Waals surface area contributed by atoms with E-state index in [1.54, 1.807) is 12.1 Å². The average Bonchev–Trinajstić information content (AvgIpc) is 2.84. The molecule has 1 aromatic carbocycles. The number of ether oxygens (including phenoxy) is 1. The quantitative estimate of drug-likeness (QED) is 0.654. The van der Waals surface area contributed by atoms with Gasteiger partial charge in [-0.3, -0.25) is 34.3 Å². The number of piperidine rings is 1. The van der Waals surface area contributed by atoms with E-state index in [0.29, 0.717) is 24.3 Å². The van der Waals surface area contributed by atoms with Gasteiger partial charge >= 0.3 is 0 Å². The number of carbonyl (C=O) groups excluding carboxylic acids is 4. The van der Waals surface area contributed by atoms with Crippen molar-refractivity contribution < 1.29 is 23.9 Å². The Kier molecular flexibility index (Phi) is 4.68. The molecule has 3 saturated heterocycles. The number of fused-ring (bicyclic) bond motifs is 1. The molecule has 0 radical (unpaired) electrons. The molecule has 0 saturated carbocycles. The van der Waals surface area contributed by atoms with Crippen LogP contribution in [0.15, 0.2) is 18.2 Å². The average molecular weight is 412 g/mol. The zero-order valence-electron chi connectivity index (χ0n) is 16.6. The maximum absolute atomic E-state index is 13.0. The van der Waals surface area contributed by atoms with Crippen molar-refractivity contribution in [1.82, 2.24) is 20.4 Å². The Bertz CT molecular complexity index is 941. The summed E-state index contributed by atoms with van der Waals surface area (Å²) >= 11 is 0. The SMILES string of the molecule is O=C1CCC(N2C(=O)c3ccc(CN4CCOCCC45CNC5)cc3C2=O)C(=O)N1. The Morgan fingerprint density at radius 3 is 2.60 bits per heavy atom. The van der Waals surface area contributed by atoms with Gasteiger partial charge in [0.2, 0.25) is 11.8 Å². The highest BCUT2D eigenvalue weighted by Gasteiger charge is 2.45. The van der Waals surface area contributed by atoms with Crippen molar-refractivity contribution >= 4 is 23.6 Å². The fraction of sp³-hybridized carbons (Fsp3) is 0.524. The number of nitrogens with one attached hydrogen (secondary N) is 2. The molecular weight excluding hydrogens is 388 g/mol. The number of nitrogens with zero attached hydrogens (tertiary/aromatic N) is 2. The maximum Gasteiger partial charge on any atom is 0.262 e. The van der Waals surface area contributed by atoms with Crippen molar-refractivity contribution in [1.29, 1.82) is 0 Å².